The van der Waals surface area contributed by atoms with E-state index in [4.69, 9.17) is 0 Å². The molecule has 0 aliphatic carbocycles. The predicted octanol–water partition coefficient (Wildman–Crippen LogP) is 5.00. The van der Waals surface area contributed by atoms with Crippen molar-refractivity contribution in [1.29, 1.82) is 0 Å². The highest BCUT2D eigenvalue weighted by molar-refractivity contribution is 5.86. The van der Waals surface area contributed by atoms with E-state index in [0.717, 1.165) is 34.0 Å². The number of alkyl halides is 3. The Morgan fingerprint density at radius 2 is 1.81 bits per heavy atom. The highest BCUT2D eigenvalue weighted by Gasteiger charge is 2.30. The Labute approximate surface area is 181 Å². The third kappa shape index (κ3) is 5.05. The summed E-state index contributed by atoms with van der Waals surface area (Å²) < 4.78 is 39.9. The summed E-state index contributed by atoms with van der Waals surface area (Å²) in [6, 6.07) is 12.0. The SMILES string of the molecule is O=C(O)N[C@@H](Cc1ccc(C(F)(F)F)cc1)Cn1cc(-c2ccc3cnccc3c2)cn1. The van der Waals surface area contributed by atoms with Crippen LogP contribution >= 0.6 is 0 Å². The number of halogens is 3. The first-order valence-electron chi connectivity index (χ1n) is 9.80. The summed E-state index contributed by atoms with van der Waals surface area (Å²) in [5.41, 5.74) is 1.67. The van der Waals surface area contributed by atoms with Crippen molar-refractivity contribution in [3.8, 4) is 11.1 Å². The molecule has 32 heavy (non-hydrogen) atoms. The Balaban J connectivity index is 1.50. The number of hydrogen-bond donors (Lipinski definition) is 2. The summed E-state index contributed by atoms with van der Waals surface area (Å²) >= 11 is 0. The molecule has 0 radical (unpaired) electrons. The maximum absolute atomic E-state index is 12.8. The van der Waals surface area contributed by atoms with Crippen LogP contribution in [0.1, 0.15) is 11.1 Å². The van der Waals surface area contributed by atoms with Crippen molar-refractivity contribution in [2.75, 3.05) is 0 Å². The van der Waals surface area contributed by atoms with Crippen LogP contribution in [0.3, 0.4) is 0 Å². The molecule has 1 atom stereocenters. The van der Waals surface area contributed by atoms with Crippen molar-refractivity contribution in [3.05, 3.63) is 84.4 Å². The van der Waals surface area contributed by atoms with Gasteiger partial charge in [-0.2, -0.15) is 18.3 Å². The lowest BCUT2D eigenvalue weighted by Crippen LogP contribution is -2.38. The van der Waals surface area contributed by atoms with Gasteiger partial charge in [0.1, 0.15) is 0 Å². The third-order valence-corrected chi connectivity index (χ3v) is 5.11. The van der Waals surface area contributed by atoms with E-state index in [-0.39, 0.29) is 13.0 Å². The van der Waals surface area contributed by atoms with Gasteiger partial charge in [0.25, 0.3) is 0 Å². The molecule has 164 valence electrons. The number of amides is 1. The minimum Gasteiger partial charge on any atom is -0.465 e. The van der Waals surface area contributed by atoms with Crippen LogP contribution in [0.2, 0.25) is 0 Å². The Morgan fingerprint density at radius 1 is 1.03 bits per heavy atom. The zero-order valence-electron chi connectivity index (χ0n) is 16.8. The molecule has 2 heterocycles. The maximum atomic E-state index is 12.8. The number of aromatic nitrogens is 3. The van der Waals surface area contributed by atoms with Gasteiger partial charge in [0.05, 0.1) is 24.3 Å². The molecule has 0 fully saturated rings. The predicted molar refractivity (Wildman–Crippen MR) is 113 cm³/mol. The fourth-order valence-corrected chi connectivity index (χ4v) is 3.55. The van der Waals surface area contributed by atoms with Crippen LogP contribution in [0.15, 0.2) is 73.3 Å². The quantitative estimate of drug-likeness (QED) is 0.442. The number of nitrogens with zero attached hydrogens (tertiary/aromatic N) is 3. The van der Waals surface area contributed by atoms with E-state index in [1.54, 1.807) is 23.3 Å². The molecule has 0 bridgehead atoms. The van der Waals surface area contributed by atoms with Gasteiger partial charge < -0.3 is 10.4 Å². The highest BCUT2D eigenvalue weighted by Crippen LogP contribution is 2.29. The zero-order chi connectivity index (χ0) is 22.7. The molecule has 0 aliphatic heterocycles. The van der Waals surface area contributed by atoms with E-state index < -0.39 is 23.9 Å². The number of benzene rings is 2. The molecular weight excluding hydrogens is 421 g/mol. The number of rotatable bonds is 6. The molecule has 4 aromatic rings. The van der Waals surface area contributed by atoms with E-state index in [2.05, 4.69) is 15.4 Å². The standard InChI is InChI=1S/C23H19F3N4O2/c24-23(25,26)20-5-1-15(2-6-20)9-21(29-22(31)32)14-30-13-19(12-28-30)16-3-4-18-11-27-8-7-17(18)10-16/h1-8,10-13,21,29H,9,14H2,(H,31,32)/t21-/m0/s1. The summed E-state index contributed by atoms with van der Waals surface area (Å²) in [4.78, 5) is 15.3. The van der Waals surface area contributed by atoms with Crippen LogP contribution in [-0.2, 0) is 19.1 Å². The van der Waals surface area contributed by atoms with Gasteiger partial charge >= 0.3 is 12.3 Å². The van der Waals surface area contributed by atoms with Crippen LogP contribution in [-0.4, -0.2) is 32.0 Å². The van der Waals surface area contributed by atoms with Crippen molar-refractivity contribution < 1.29 is 23.1 Å². The van der Waals surface area contributed by atoms with Gasteiger partial charge in [-0.15, -0.1) is 0 Å². The number of carboxylic acid groups (broad SMARTS) is 1. The van der Waals surface area contributed by atoms with Crippen molar-refractivity contribution in [3.63, 3.8) is 0 Å². The highest BCUT2D eigenvalue weighted by atomic mass is 19.4. The maximum Gasteiger partial charge on any atom is 0.416 e. The molecule has 0 spiro atoms. The van der Waals surface area contributed by atoms with Crippen LogP contribution in [0.5, 0.6) is 0 Å². The van der Waals surface area contributed by atoms with Crippen molar-refractivity contribution in [2.24, 2.45) is 0 Å². The van der Waals surface area contributed by atoms with Gasteiger partial charge in [0, 0.05) is 29.5 Å². The van der Waals surface area contributed by atoms with Gasteiger partial charge in [-0.25, -0.2) is 4.79 Å². The lowest BCUT2D eigenvalue weighted by atomic mass is 10.0. The fraction of sp³-hybridized carbons (Fsp3) is 0.174. The molecule has 9 heteroatoms. The average Bonchev–Trinajstić information content (AvgIpc) is 3.21. The minimum atomic E-state index is -4.41. The molecule has 0 unspecified atom stereocenters. The molecule has 2 aromatic carbocycles. The summed E-state index contributed by atoms with van der Waals surface area (Å²) in [6.07, 6.45) is 1.61. The van der Waals surface area contributed by atoms with Gasteiger partial charge in [0.2, 0.25) is 0 Å². The second-order valence-electron chi connectivity index (χ2n) is 7.43. The molecule has 1 amide bonds. The molecule has 0 aliphatic rings. The number of carbonyl (C=O) groups is 1. The van der Waals surface area contributed by atoms with Crippen LogP contribution in [0.25, 0.3) is 21.9 Å². The van der Waals surface area contributed by atoms with Crippen LogP contribution in [0, 0.1) is 0 Å². The fourth-order valence-electron chi connectivity index (χ4n) is 3.55. The lowest BCUT2D eigenvalue weighted by molar-refractivity contribution is -0.137. The summed E-state index contributed by atoms with van der Waals surface area (Å²) in [5.74, 6) is 0. The Morgan fingerprint density at radius 3 is 2.53 bits per heavy atom. The third-order valence-electron chi connectivity index (χ3n) is 5.11. The first kappa shape index (κ1) is 21.4. The summed E-state index contributed by atoms with van der Waals surface area (Å²) in [6.45, 7) is 0.227. The van der Waals surface area contributed by atoms with Gasteiger partial charge in [-0.3, -0.25) is 9.67 Å². The molecule has 2 N–H and O–H groups in total. The van der Waals surface area contributed by atoms with E-state index in [1.807, 2.05) is 30.5 Å². The molecular formula is C23H19F3N4O2. The van der Waals surface area contributed by atoms with Crippen molar-refractivity contribution in [2.45, 2.75) is 25.2 Å². The Kier molecular flexibility index (Phi) is 5.81. The van der Waals surface area contributed by atoms with Crippen molar-refractivity contribution >= 4 is 16.9 Å². The van der Waals surface area contributed by atoms with E-state index >= 15 is 0 Å². The van der Waals surface area contributed by atoms with Crippen LogP contribution < -0.4 is 5.32 Å². The summed E-state index contributed by atoms with van der Waals surface area (Å²) in [7, 11) is 0. The summed E-state index contributed by atoms with van der Waals surface area (Å²) in [5, 5.41) is 18.0. The number of nitrogens with one attached hydrogen (secondary N) is 1. The van der Waals surface area contributed by atoms with E-state index in [0.29, 0.717) is 5.56 Å². The minimum absolute atomic E-state index is 0.225. The first-order chi connectivity index (χ1) is 15.3. The smallest absolute Gasteiger partial charge is 0.416 e. The van der Waals surface area contributed by atoms with Gasteiger partial charge in [-0.1, -0.05) is 24.3 Å². The van der Waals surface area contributed by atoms with Gasteiger partial charge in [0.15, 0.2) is 0 Å². The van der Waals surface area contributed by atoms with Gasteiger partial charge in [-0.05, 0) is 47.2 Å². The monoisotopic (exact) mass is 440 g/mol. The van der Waals surface area contributed by atoms with E-state index in [9.17, 15) is 23.1 Å². The zero-order valence-corrected chi connectivity index (χ0v) is 16.8. The lowest BCUT2D eigenvalue weighted by Gasteiger charge is -2.17. The normalized spacial score (nSPS) is 12.6. The molecule has 4 rings (SSSR count). The molecule has 6 nitrogen and oxygen atoms in total. The van der Waals surface area contributed by atoms with E-state index in [1.165, 1.54) is 12.1 Å². The average molecular weight is 440 g/mol. The van der Waals surface area contributed by atoms with Crippen molar-refractivity contribution in [1.82, 2.24) is 20.1 Å². The second kappa shape index (κ2) is 8.70. The number of fused-ring (bicyclic) bond motifs is 1. The first-order valence-corrected chi connectivity index (χ1v) is 9.80. The largest absolute Gasteiger partial charge is 0.465 e. The number of hydrogen-bond acceptors (Lipinski definition) is 3. The Bertz CT molecular complexity index is 1240. The number of pyridine rings is 1. The molecule has 2 aromatic heterocycles. The topological polar surface area (TPSA) is 80.0 Å². The Hall–Kier alpha value is -3.88. The van der Waals surface area contributed by atoms with Crippen LogP contribution in [0.4, 0.5) is 18.0 Å². The molecule has 0 saturated carbocycles. The molecule has 0 saturated heterocycles. The second-order valence-corrected chi connectivity index (χ2v) is 7.43.